The number of hydrogen-bond acceptors (Lipinski definition) is 5. The quantitative estimate of drug-likeness (QED) is 0.677. The fourth-order valence-electron chi connectivity index (χ4n) is 1.64. The fourth-order valence-corrected chi connectivity index (χ4v) is 2.02. The number of aliphatic carboxylic acids is 1. The number of carboxylic acids is 1. The molecule has 8 nitrogen and oxygen atoms in total. The molecule has 110 valence electrons. The largest absolute Gasteiger partial charge is 0.480 e. The second-order valence-corrected chi connectivity index (χ2v) is 5.13. The number of anilines is 1. The van der Waals surface area contributed by atoms with Crippen LogP contribution in [0.1, 0.15) is 16.1 Å². The number of carbonyl (C=O) groups is 2. The first-order chi connectivity index (χ1) is 9.95. The van der Waals surface area contributed by atoms with E-state index in [1.807, 2.05) is 0 Å². The van der Waals surface area contributed by atoms with Crippen LogP contribution in [0.25, 0.3) is 0 Å². The Morgan fingerprint density at radius 3 is 2.86 bits per heavy atom. The van der Waals surface area contributed by atoms with Crippen molar-refractivity contribution in [3.05, 3.63) is 40.1 Å². The summed E-state index contributed by atoms with van der Waals surface area (Å²) in [5.74, 6) is -1.36. The maximum Gasteiger partial charge on any atom is 0.325 e. The van der Waals surface area contributed by atoms with Crippen LogP contribution in [0.4, 0.5) is 5.69 Å². The Kier molecular flexibility index (Phi) is 4.53. The van der Waals surface area contributed by atoms with Crippen molar-refractivity contribution in [3.63, 3.8) is 0 Å². The van der Waals surface area contributed by atoms with Crippen LogP contribution in [0.5, 0.6) is 0 Å². The van der Waals surface area contributed by atoms with E-state index in [0.29, 0.717) is 16.9 Å². The minimum atomic E-state index is -1.02. The van der Waals surface area contributed by atoms with E-state index in [2.05, 4.69) is 31.6 Å². The van der Waals surface area contributed by atoms with Gasteiger partial charge in [0.25, 0.3) is 5.91 Å². The van der Waals surface area contributed by atoms with Crippen molar-refractivity contribution in [2.75, 3.05) is 5.73 Å². The smallest absolute Gasteiger partial charge is 0.325 e. The Morgan fingerprint density at radius 2 is 2.19 bits per heavy atom. The topological polar surface area (TPSA) is 123 Å². The Labute approximate surface area is 128 Å². The normalized spacial score (nSPS) is 10.3. The molecule has 0 fully saturated rings. The lowest BCUT2D eigenvalue weighted by molar-refractivity contribution is -0.137. The van der Waals surface area contributed by atoms with Crippen LogP contribution < -0.4 is 11.1 Å². The number of carboxylic acid groups (broad SMARTS) is 1. The molecule has 0 radical (unpaired) electrons. The van der Waals surface area contributed by atoms with Gasteiger partial charge in [0, 0.05) is 10.2 Å². The lowest BCUT2D eigenvalue weighted by atomic mass is 10.1. The lowest BCUT2D eigenvalue weighted by Gasteiger charge is -2.06. The van der Waals surface area contributed by atoms with Gasteiger partial charge in [0.05, 0.1) is 18.3 Å². The van der Waals surface area contributed by atoms with Crippen molar-refractivity contribution in [2.45, 2.75) is 13.1 Å². The van der Waals surface area contributed by atoms with Crippen molar-refractivity contribution in [1.29, 1.82) is 0 Å². The highest BCUT2D eigenvalue weighted by Crippen LogP contribution is 2.18. The lowest BCUT2D eigenvalue weighted by Crippen LogP contribution is -2.24. The second-order valence-electron chi connectivity index (χ2n) is 4.22. The second kappa shape index (κ2) is 6.35. The molecule has 21 heavy (non-hydrogen) atoms. The van der Waals surface area contributed by atoms with E-state index in [4.69, 9.17) is 10.8 Å². The SMILES string of the molecule is Nc1cc(Br)ccc1C(=O)NCc1cn(CC(=O)O)nn1. The zero-order valence-corrected chi connectivity index (χ0v) is 12.4. The molecule has 0 atom stereocenters. The maximum atomic E-state index is 12.0. The number of nitrogens with zero attached hydrogens (tertiary/aromatic N) is 3. The molecular formula is C12H12BrN5O3. The third-order valence-electron chi connectivity index (χ3n) is 2.57. The van der Waals surface area contributed by atoms with Crippen molar-refractivity contribution in [2.24, 2.45) is 0 Å². The zero-order chi connectivity index (χ0) is 15.4. The van der Waals surface area contributed by atoms with Crippen LogP contribution in [0.3, 0.4) is 0 Å². The molecule has 2 aromatic rings. The van der Waals surface area contributed by atoms with Crippen LogP contribution in [-0.4, -0.2) is 32.0 Å². The molecule has 0 aliphatic rings. The average molecular weight is 354 g/mol. The third-order valence-corrected chi connectivity index (χ3v) is 3.06. The highest BCUT2D eigenvalue weighted by Gasteiger charge is 2.11. The van der Waals surface area contributed by atoms with Crippen LogP contribution in [0.15, 0.2) is 28.9 Å². The Bertz CT molecular complexity index is 685. The number of carbonyl (C=O) groups excluding carboxylic acids is 1. The minimum Gasteiger partial charge on any atom is -0.480 e. The summed E-state index contributed by atoms with van der Waals surface area (Å²) in [6, 6.07) is 4.96. The monoisotopic (exact) mass is 353 g/mol. The predicted octanol–water partition coefficient (Wildman–Crippen LogP) is 0.637. The summed E-state index contributed by atoms with van der Waals surface area (Å²) in [5, 5.41) is 18.7. The average Bonchev–Trinajstić information content (AvgIpc) is 2.82. The van der Waals surface area contributed by atoms with E-state index in [-0.39, 0.29) is 19.0 Å². The van der Waals surface area contributed by atoms with E-state index in [9.17, 15) is 9.59 Å². The first-order valence-electron chi connectivity index (χ1n) is 5.89. The standard InChI is InChI=1S/C12H12BrN5O3/c13-7-1-2-9(10(14)3-7)12(21)15-4-8-5-18(17-16-8)6-11(19)20/h1-3,5H,4,6,14H2,(H,15,21)(H,19,20). The van der Waals surface area contributed by atoms with Crippen molar-refractivity contribution >= 4 is 33.5 Å². The summed E-state index contributed by atoms with van der Waals surface area (Å²) in [7, 11) is 0. The van der Waals surface area contributed by atoms with E-state index in [1.165, 1.54) is 10.9 Å². The van der Waals surface area contributed by atoms with Crippen molar-refractivity contribution < 1.29 is 14.7 Å². The number of amides is 1. The molecule has 4 N–H and O–H groups in total. The fraction of sp³-hybridized carbons (Fsp3) is 0.167. The van der Waals surface area contributed by atoms with Gasteiger partial charge in [-0.05, 0) is 18.2 Å². The van der Waals surface area contributed by atoms with Gasteiger partial charge in [-0.2, -0.15) is 0 Å². The third kappa shape index (κ3) is 4.02. The first kappa shape index (κ1) is 15.0. The molecule has 9 heteroatoms. The van der Waals surface area contributed by atoms with Gasteiger partial charge in [-0.15, -0.1) is 5.10 Å². The van der Waals surface area contributed by atoms with Crippen LogP contribution >= 0.6 is 15.9 Å². The zero-order valence-electron chi connectivity index (χ0n) is 10.8. The maximum absolute atomic E-state index is 12.0. The van der Waals surface area contributed by atoms with Crippen LogP contribution in [0, 0.1) is 0 Å². The number of nitrogens with two attached hydrogens (primary N) is 1. The molecule has 0 aliphatic carbocycles. The van der Waals surface area contributed by atoms with Gasteiger partial charge in [0.15, 0.2) is 0 Å². The molecule has 0 aliphatic heterocycles. The molecule has 1 amide bonds. The molecule has 0 bridgehead atoms. The molecule has 0 unspecified atom stereocenters. The minimum absolute atomic E-state index is 0.133. The summed E-state index contributed by atoms with van der Waals surface area (Å²) in [6.45, 7) is -0.144. The summed E-state index contributed by atoms with van der Waals surface area (Å²) in [5.41, 5.74) is 6.94. The Morgan fingerprint density at radius 1 is 1.43 bits per heavy atom. The van der Waals surface area contributed by atoms with E-state index >= 15 is 0 Å². The molecule has 1 heterocycles. The number of benzene rings is 1. The van der Waals surface area contributed by atoms with Gasteiger partial charge < -0.3 is 16.2 Å². The van der Waals surface area contributed by atoms with E-state index < -0.39 is 5.97 Å². The molecule has 1 aromatic heterocycles. The summed E-state index contributed by atoms with van der Waals surface area (Å²) in [6.07, 6.45) is 1.46. The first-order valence-corrected chi connectivity index (χ1v) is 6.69. The van der Waals surface area contributed by atoms with Gasteiger partial charge in [-0.3, -0.25) is 9.59 Å². The summed E-state index contributed by atoms with van der Waals surface area (Å²) < 4.78 is 1.96. The van der Waals surface area contributed by atoms with Gasteiger partial charge in [-0.1, -0.05) is 21.1 Å². The molecule has 2 rings (SSSR count). The number of halogens is 1. The molecule has 1 aromatic carbocycles. The predicted molar refractivity (Wildman–Crippen MR) is 77.4 cm³/mol. The number of aromatic nitrogens is 3. The summed E-state index contributed by atoms with van der Waals surface area (Å²) in [4.78, 5) is 22.5. The van der Waals surface area contributed by atoms with Crippen molar-refractivity contribution in [1.82, 2.24) is 20.3 Å². The number of nitrogen functional groups attached to an aromatic ring is 1. The summed E-state index contributed by atoms with van der Waals surface area (Å²) >= 11 is 3.26. The van der Waals surface area contributed by atoms with Crippen LogP contribution in [-0.2, 0) is 17.9 Å². The molecule has 0 spiro atoms. The van der Waals surface area contributed by atoms with Gasteiger partial charge >= 0.3 is 5.97 Å². The van der Waals surface area contributed by atoms with Gasteiger partial charge in [0.1, 0.15) is 12.2 Å². The number of nitrogens with one attached hydrogen (secondary N) is 1. The molecule has 0 saturated carbocycles. The molecular weight excluding hydrogens is 342 g/mol. The Balaban J connectivity index is 1.97. The van der Waals surface area contributed by atoms with Crippen LogP contribution in [0.2, 0.25) is 0 Å². The van der Waals surface area contributed by atoms with Gasteiger partial charge in [0.2, 0.25) is 0 Å². The van der Waals surface area contributed by atoms with Crippen molar-refractivity contribution in [3.8, 4) is 0 Å². The molecule has 0 saturated heterocycles. The van der Waals surface area contributed by atoms with E-state index in [1.54, 1.807) is 18.2 Å². The van der Waals surface area contributed by atoms with E-state index in [0.717, 1.165) is 4.47 Å². The highest BCUT2D eigenvalue weighted by atomic mass is 79.9. The Hall–Kier alpha value is -2.42. The highest BCUT2D eigenvalue weighted by molar-refractivity contribution is 9.10. The number of hydrogen-bond donors (Lipinski definition) is 3. The number of rotatable bonds is 5. The van der Waals surface area contributed by atoms with Gasteiger partial charge in [-0.25, -0.2) is 4.68 Å².